The van der Waals surface area contributed by atoms with Gasteiger partial charge >= 0.3 is 0 Å². The Balaban J connectivity index is 1.68. The Kier molecular flexibility index (Phi) is 5.11. The molecule has 1 fully saturated rings. The van der Waals surface area contributed by atoms with Gasteiger partial charge in [0, 0.05) is 30.4 Å². The first-order valence-electron chi connectivity index (χ1n) is 8.35. The smallest absolute Gasteiger partial charge is 0.251 e. The summed E-state index contributed by atoms with van der Waals surface area (Å²) in [6, 6.07) is 13.2. The van der Waals surface area contributed by atoms with Gasteiger partial charge in [0.15, 0.2) is 0 Å². The van der Waals surface area contributed by atoms with E-state index in [9.17, 15) is 9.90 Å². The monoisotopic (exact) mass is 325 g/mol. The zero-order valence-corrected chi connectivity index (χ0v) is 13.9. The van der Waals surface area contributed by atoms with Gasteiger partial charge < -0.3 is 15.3 Å². The van der Waals surface area contributed by atoms with Gasteiger partial charge in [-0.3, -0.25) is 4.79 Å². The fraction of sp³-hybridized carbons (Fsp3) is 0.368. The van der Waals surface area contributed by atoms with E-state index >= 15 is 0 Å². The number of nitrogens with zero attached hydrogens (tertiary/aromatic N) is 2. The summed E-state index contributed by atoms with van der Waals surface area (Å²) in [4.78, 5) is 19.1. The molecule has 0 spiro atoms. The molecule has 5 nitrogen and oxygen atoms in total. The number of piperidine rings is 1. The molecule has 1 unspecified atom stereocenters. The molecule has 2 aromatic rings. The lowest BCUT2D eigenvalue weighted by Gasteiger charge is -2.34. The highest BCUT2D eigenvalue weighted by Crippen LogP contribution is 2.20. The maximum absolute atomic E-state index is 12.3. The zero-order valence-electron chi connectivity index (χ0n) is 13.9. The number of aromatic nitrogens is 1. The molecule has 24 heavy (non-hydrogen) atoms. The van der Waals surface area contributed by atoms with Gasteiger partial charge in [0.1, 0.15) is 5.82 Å². The third-order valence-electron chi connectivity index (χ3n) is 4.30. The Morgan fingerprint density at radius 1 is 1.33 bits per heavy atom. The van der Waals surface area contributed by atoms with Crippen molar-refractivity contribution in [2.75, 3.05) is 18.0 Å². The van der Waals surface area contributed by atoms with Gasteiger partial charge in [0.05, 0.1) is 6.61 Å². The van der Waals surface area contributed by atoms with Gasteiger partial charge in [-0.1, -0.05) is 18.2 Å². The van der Waals surface area contributed by atoms with Crippen molar-refractivity contribution in [2.45, 2.75) is 32.4 Å². The normalized spacial score (nSPS) is 17.6. The number of nitrogens with one attached hydrogen (secondary N) is 1. The van der Waals surface area contributed by atoms with Gasteiger partial charge in [-0.15, -0.1) is 0 Å². The fourth-order valence-corrected chi connectivity index (χ4v) is 3.14. The molecule has 1 aromatic heterocycles. The average molecular weight is 325 g/mol. The van der Waals surface area contributed by atoms with E-state index in [2.05, 4.69) is 15.2 Å². The number of hydrogen-bond donors (Lipinski definition) is 2. The second-order valence-corrected chi connectivity index (χ2v) is 6.26. The summed E-state index contributed by atoms with van der Waals surface area (Å²) in [5.74, 6) is 0.841. The molecule has 1 aliphatic heterocycles. The number of benzene rings is 1. The molecule has 2 N–H and O–H groups in total. The number of aliphatic hydroxyl groups is 1. The Morgan fingerprint density at radius 3 is 2.88 bits per heavy atom. The van der Waals surface area contributed by atoms with E-state index in [1.165, 1.54) is 0 Å². The Hall–Kier alpha value is -2.40. The highest BCUT2D eigenvalue weighted by Gasteiger charge is 2.23. The van der Waals surface area contributed by atoms with Crippen LogP contribution in [0.15, 0.2) is 42.5 Å². The highest BCUT2D eigenvalue weighted by atomic mass is 16.3. The average Bonchev–Trinajstić information content (AvgIpc) is 2.62. The third-order valence-corrected chi connectivity index (χ3v) is 4.30. The highest BCUT2D eigenvalue weighted by molar-refractivity contribution is 5.94. The Morgan fingerprint density at radius 2 is 2.12 bits per heavy atom. The van der Waals surface area contributed by atoms with Crippen LogP contribution in [0.5, 0.6) is 0 Å². The molecule has 0 bridgehead atoms. The van der Waals surface area contributed by atoms with Gasteiger partial charge in [0.25, 0.3) is 5.91 Å². The zero-order chi connectivity index (χ0) is 16.9. The molecule has 1 saturated heterocycles. The van der Waals surface area contributed by atoms with E-state index in [-0.39, 0.29) is 18.6 Å². The minimum absolute atomic E-state index is 0.0123. The lowest BCUT2D eigenvalue weighted by Crippen LogP contribution is -2.48. The van der Waals surface area contributed by atoms with Crippen LogP contribution >= 0.6 is 0 Å². The molecule has 0 aliphatic carbocycles. The molecule has 0 radical (unpaired) electrons. The molecule has 1 atom stereocenters. The van der Waals surface area contributed by atoms with Crippen molar-refractivity contribution < 1.29 is 9.90 Å². The van der Waals surface area contributed by atoms with E-state index in [1.807, 2.05) is 49.4 Å². The number of anilines is 1. The predicted molar refractivity (Wildman–Crippen MR) is 94.0 cm³/mol. The van der Waals surface area contributed by atoms with Crippen LogP contribution in [0, 0.1) is 6.92 Å². The summed E-state index contributed by atoms with van der Waals surface area (Å²) in [6.45, 7) is 3.60. The topological polar surface area (TPSA) is 65.5 Å². The number of aliphatic hydroxyl groups excluding tert-OH is 1. The van der Waals surface area contributed by atoms with Gasteiger partial charge in [-0.25, -0.2) is 4.98 Å². The van der Waals surface area contributed by atoms with Crippen molar-refractivity contribution in [3.05, 3.63) is 59.3 Å². The quantitative estimate of drug-likeness (QED) is 0.905. The minimum Gasteiger partial charge on any atom is -0.392 e. The number of carbonyl (C=O) groups excluding carboxylic acids is 1. The lowest BCUT2D eigenvalue weighted by atomic mass is 10.0. The molecule has 1 amide bonds. The second-order valence-electron chi connectivity index (χ2n) is 6.26. The van der Waals surface area contributed by atoms with Crippen LogP contribution in [0.25, 0.3) is 0 Å². The van der Waals surface area contributed by atoms with E-state index in [0.29, 0.717) is 5.56 Å². The first-order valence-corrected chi connectivity index (χ1v) is 8.35. The number of pyridine rings is 1. The lowest BCUT2D eigenvalue weighted by molar-refractivity contribution is 0.0933. The Bertz CT molecular complexity index is 703. The number of aryl methyl sites for hydroxylation is 1. The summed E-state index contributed by atoms with van der Waals surface area (Å²) in [5.41, 5.74) is 2.45. The van der Waals surface area contributed by atoms with Crippen molar-refractivity contribution in [1.82, 2.24) is 10.3 Å². The summed E-state index contributed by atoms with van der Waals surface area (Å²) >= 11 is 0. The number of hydrogen-bond acceptors (Lipinski definition) is 4. The van der Waals surface area contributed by atoms with Crippen LogP contribution in [-0.2, 0) is 6.61 Å². The third kappa shape index (κ3) is 3.92. The first-order chi connectivity index (χ1) is 11.7. The molecular weight excluding hydrogens is 302 g/mol. The van der Waals surface area contributed by atoms with E-state index in [0.717, 1.165) is 43.0 Å². The molecule has 5 heteroatoms. The maximum Gasteiger partial charge on any atom is 0.251 e. The van der Waals surface area contributed by atoms with Gasteiger partial charge in [-0.05, 0) is 49.6 Å². The van der Waals surface area contributed by atoms with Crippen LogP contribution in [0.1, 0.15) is 34.5 Å². The maximum atomic E-state index is 12.3. The second kappa shape index (κ2) is 7.45. The van der Waals surface area contributed by atoms with E-state index in [4.69, 9.17) is 0 Å². The number of rotatable bonds is 4. The summed E-state index contributed by atoms with van der Waals surface area (Å²) in [6.07, 6.45) is 1.97. The van der Waals surface area contributed by atoms with Crippen molar-refractivity contribution in [1.29, 1.82) is 0 Å². The molecule has 126 valence electrons. The molecular formula is C19H23N3O2. The SMILES string of the molecule is Cc1cc(CO)cc(N2CCCC(NC(=O)c3ccccc3)C2)n1. The molecule has 1 aliphatic rings. The van der Waals surface area contributed by atoms with Gasteiger partial charge in [0.2, 0.25) is 0 Å². The molecule has 1 aromatic carbocycles. The van der Waals surface area contributed by atoms with E-state index < -0.39 is 0 Å². The van der Waals surface area contributed by atoms with Crippen molar-refractivity contribution >= 4 is 11.7 Å². The number of carbonyl (C=O) groups is 1. The van der Waals surface area contributed by atoms with Crippen molar-refractivity contribution in [3.63, 3.8) is 0 Å². The molecule has 0 saturated carbocycles. The molecule has 2 heterocycles. The van der Waals surface area contributed by atoms with Crippen LogP contribution in [0.2, 0.25) is 0 Å². The van der Waals surface area contributed by atoms with Crippen LogP contribution in [-0.4, -0.2) is 35.1 Å². The van der Waals surface area contributed by atoms with Crippen molar-refractivity contribution in [3.8, 4) is 0 Å². The predicted octanol–water partition coefficient (Wildman–Crippen LogP) is 2.28. The fourth-order valence-electron chi connectivity index (χ4n) is 3.14. The van der Waals surface area contributed by atoms with Gasteiger partial charge in [-0.2, -0.15) is 0 Å². The largest absolute Gasteiger partial charge is 0.392 e. The minimum atomic E-state index is -0.0318. The molecule has 3 rings (SSSR count). The van der Waals surface area contributed by atoms with Crippen LogP contribution < -0.4 is 10.2 Å². The summed E-state index contributed by atoms with van der Waals surface area (Å²) in [7, 11) is 0. The Labute approximate surface area is 142 Å². The van der Waals surface area contributed by atoms with Crippen molar-refractivity contribution in [2.24, 2.45) is 0 Å². The van der Waals surface area contributed by atoms with Crippen LogP contribution in [0.3, 0.4) is 0 Å². The van der Waals surface area contributed by atoms with E-state index in [1.54, 1.807) is 0 Å². The number of amides is 1. The van der Waals surface area contributed by atoms with Crippen LogP contribution in [0.4, 0.5) is 5.82 Å². The summed E-state index contributed by atoms with van der Waals surface area (Å²) in [5, 5.41) is 12.5. The standard InChI is InChI=1S/C19H23N3O2/c1-14-10-15(13-23)11-18(20-14)22-9-5-8-17(12-22)21-19(24)16-6-3-2-4-7-16/h2-4,6-7,10-11,17,23H,5,8-9,12-13H2,1H3,(H,21,24). The summed E-state index contributed by atoms with van der Waals surface area (Å²) < 4.78 is 0. The first kappa shape index (κ1) is 16.5.